The number of likely N-dealkylation sites (N-methyl/N-ethyl adjacent to an activating group) is 1. The molecule has 0 saturated heterocycles. The van der Waals surface area contributed by atoms with Gasteiger partial charge in [-0.1, -0.05) is 72.7 Å². The van der Waals surface area contributed by atoms with E-state index in [0.717, 1.165) is 11.1 Å². The number of carbonyl (C=O) groups is 2. The predicted molar refractivity (Wildman–Crippen MR) is 120 cm³/mol. The van der Waals surface area contributed by atoms with Crippen LogP contribution in [-0.4, -0.2) is 30.3 Å². The third-order valence-electron chi connectivity index (χ3n) is 4.90. The smallest absolute Gasteiger partial charge is 0.243 e. The Morgan fingerprint density at radius 3 is 2.10 bits per heavy atom. The molecule has 0 aliphatic carbocycles. The Morgan fingerprint density at radius 1 is 0.933 bits per heavy atom. The highest BCUT2D eigenvalue weighted by atomic mass is 16.2. The molecule has 0 fully saturated rings. The summed E-state index contributed by atoms with van der Waals surface area (Å²) in [5.41, 5.74) is 3.44. The molecular weight excluding hydrogens is 372 g/mol. The van der Waals surface area contributed by atoms with Gasteiger partial charge in [0.25, 0.3) is 0 Å². The summed E-state index contributed by atoms with van der Waals surface area (Å²) in [5.74, 6) is 2.10. The maximum absolute atomic E-state index is 12.9. The third-order valence-corrected chi connectivity index (χ3v) is 4.90. The molecule has 0 saturated carbocycles. The van der Waals surface area contributed by atoms with Gasteiger partial charge in [-0.15, -0.1) is 6.42 Å². The van der Waals surface area contributed by atoms with Crippen molar-refractivity contribution < 1.29 is 9.59 Å². The fourth-order valence-corrected chi connectivity index (χ4v) is 3.32. The maximum atomic E-state index is 12.9. The summed E-state index contributed by atoms with van der Waals surface area (Å²) in [6.07, 6.45) is 5.68. The number of rotatable bonds is 7. The first-order chi connectivity index (χ1) is 14.6. The summed E-state index contributed by atoms with van der Waals surface area (Å²) < 4.78 is 0. The first kappa shape index (κ1) is 20.9. The van der Waals surface area contributed by atoms with E-state index < -0.39 is 0 Å². The molecule has 0 aliphatic rings. The molecule has 150 valence electrons. The van der Waals surface area contributed by atoms with Gasteiger partial charge in [0.05, 0.1) is 6.54 Å². The molecule has 4 heteroatoms. The maximum Gasteiger partial charge on any atom is 0.243 e. The second kappa shape index (κ2) is 10.1. The number of anilines is 1. The van der Waals surface area contributed by atoms with Crippen molar-refractivity contribution in [2.75, 3.05) is 18.9 Å². The van der Waals surface area contributed by atoms with Crippen LogP contribution in [0.15, 0.2) is 84.9 Å². The van der Waals surface area contributed by atoms with Crippen LogP contribution in [0.5, 0.6) is 0 Å². The van der Waals surface area contributed by atoms with Gasteiger partial charge in [0.1, 0.15) is 0 Å². The van der Waals surface area contributed by atoms with Gasteiger partial charge in [-0.25, -0.2) is 0 Å². The summed E-state index contributed by atoms with van der Waals surface area (Å²) in [4.78, 5) is 26.8. The van der Waals surface area contributed by atoms with Gasteiger partial charge in [0, 0.05) is 30.6 Å². The Balaban J connectivity index is 1.66. The van der Waals surface area contributed by atoms with Gasteiger partial charge in [-0.2, -0.15) is 0 Å². The second-order valence-corrected chi connectivity index (χ2v) is 7.10. The minimum absolute atomic E-state index is 0.0323. The molecule has 0 spiro atoms. The Hall–Kier alpha value is -3.84. The van der Waals surface area contributed by atoms with Crippen molar-refractivity contribution in [3.8, 4) is 12.3 Å². The number of nitrogens with zero attached hydrogens (tertiary/aromatic N) is 1. The summed E-state index contributed by atoms with van der Waals surface area (Å²) >= 11 is 0. The lowest BCUT2D eigenvalue weighted by molar-refractivity contribution is -0.133. The minimum Gasteiger partial charge on any atom is -0.336 e. The molecule has 0 atom stereocenters. The average Bonchev–Trinajstić information content (AvgIpc) is 2.78. The molecule has 0 aromatic heterocycles. The molecule has 0 heterocycles. The highest BCUT2D eigenvalue weighted by Crippen LogP contribution is 2.28. The van der Waals surface area contributed by atoms with E-state index in [0.29, 0.717) is 11.3 Å². The van der Waals surface area contributed by atoms with E-state index in [2.05, 4.69) is 11.2 Å². The van der Waals surface area contributed by atoms with Crippen LogP contribution in [0.2, 0.25) is 0 Å². The normalized spacial score (nSPS) is 10.3. The van der Waals surface area contributed by atoms with Gasteiger partial charge in [-0.05, 0) is 29.3 Å². The third kappa shape index (κ3) is 5.59. The van der Waals surface area contributed by atoms with Crippen molar-refractivity contribution in [3.05, 3.63) is 102 Å². The van der Waals surface area contributed by atoms with Crippen LogP contribution in [0, 0.1) is 12.3 Å². The Bertz CT molecular complexity index is 1000. The van der Waals surface area contributed by atoms with Crippen molar-refractivity contribution in [2.24, 2.45) is 0 Å². The summed E-state index contributed by atoms with van der Waals surface area (Å²) in [7, 11) is 1.65. The van der Waals surface area contributed by atoms with Crippen molar-refractivity contribution in [1.82, 2.24) is 4.90 Å². The van der Waals surface area contributed by atoms with Gasteiger partial charge in [0.2, 0.25) is 11.8 Å². The van der Waals surface area contributed by atoms with E-state index in [1.54, 1.807) is 31.3 Å². The molecule has 30 heavy (non-hydrogen) atoms. The van der Waals surface area contributed by atoms with Crippen molar-refractivity contribution in [2.45, 2.75) is 12.3 Å². The predicted octanol–water partition coefficient (Wildman–Crippen LogP) is 4.29. The van der Waals surface area contributed by atoms with Gasteiger partial charge in [-0.3, -0.25) is 9.59 Å². The lowest BCUT2D eigenvalue weighted by Crippen LogP contribution is -2.35. The Morgan fingerprint density at radius 2 is 1.53 bits per heavy atom. The molecule has 4 nitrogen and oxygen atoms in total. The Kier molecular flexibility index (Phi) is 7.02. The van der Waals surface area contributed by atoms with Gasteiger partial charge >= 0.3 is 0 Å². The van der Waals surface area contributed by atoms with Gasteiger partial charge in [0.15, 0.2) is 0 Å². The molecule has 0 aliphatic heterocycles. The van der Waals surface area contributed by atoms with Crippen LogP contribution < -0.4 is 5.32 Å². The summed E-state index contributed by atoms with van der Waals surface area (Å²) in [6.45, 7) is -0.0323. The van der Waals surface area contributed by atoms with E-state index in [1.807, 2.05) is 60.7 Å². The van der Waals surface area contributed by atoms with Crippen LogP contribution in [0.4, 0.5) is 5.69 Å². The number of hydrogen-bond donors (Lipinski definition) is 1. The van der Waals surface area contributed by atoms with Crippen molar-refractivity contribution >= 4 is 17.5 Å². The topological polar surface area (TPSA) is 49.4 Å². The zero-order valence-corrected chi connectivity index (χ0v) is 16.9. The van der Waals surface area contributed by atoms with Gasteiger partial charge < -0.3 is 10.2 Å². The van der Waals surface area contributed by atoms with E-state index >= 15 is 0 Å². The number of nitrogens with one attached hydrogen (secondary N) is 1. The SMILES string of the molecule is C#Cc1cccc(NC(=O)CN(C)C(=O)CC(c2ccccc2)c2ccccc2)c1. The lowest BCUT2D eigenvalue weighted by Gasteiger charge is -2.22. The number of carbonyl (C=O) groups excluding carboxylic acids is 2. The molecule has 3 rings (SSSR count). The van der Waals surface area contributed by atoms with Crippen molar-refractivity contribution in [1.29, 1.82) is 0 Å². The monoisotopic (exact) mass is 396 g/mol. The quantitative estimate of drug-likeness (QED) is 0.606. The molecule has 3 aromatic rings. The molecule has 2 amide bonds. The first-order valence-electron chi connectivity index (χ1n) is 9.77. The fraction of sp³-hybridized carbons (Fsp3) is 0.154. The standard InChI is InChI=1S/C26H24N2O2/c1-3-20-11-10-16-23(17-20)27-25(29)19-28(2)26(30)18-24(21-12-6-4-7-13-21)22-14-8-5-9-15-22/h1,4-17,24H,18-19H2,2H3,(H,27,29). The van der Waals surface area contributed by atoms with E-state index in [1.165, 1.54) is 4.90 Å². The molecule has 1 N–H and O–H groups in total. The summed E-state index contributed by atoms with van der Waals surface area (Å²) in [5, 5.41) is 2.79. The largest absolute Gasteiger partial charge is 0.336 e. The van der Waals surface area contributed by atoms with E-state index in [4.69, 9.17) is 6.42 Å². The zero-order valence-electron chi connectivity index (χ0n) is 16.9. The summed E-state index contributed by atoms with van der Waals surface area (Å²) in [6, 6.07) is 26.9. The average molecular weight is 396 g/mol. The molecule has 0 radical (unpaired) electrons. The minimum atomic E-state index is -0.268. The van der Waals surface area contributed by atoms with Crippen LogP contribution in [-0.2, 0) is 9.59 Å². The lowest BCUT2D eigenvalue weighted by atomic mass is 9.88. The van der Waals surface area contributed by atoms with Crippen LogP contribution in [0.25, 0.3) is 0 Å². The molecule has 0 unspecified atom stereocenters. The van der Waals surface area contributed by atoms with Crippen LogP contribution in [0.1, 0.15) is 29.0 Å². The van der Waals surface area contributed by atoms with Crippen molar-refractivity contribution in [3.63, 3.8) is 0 Å². The highest BCUT2D eigenvalue weighted by molar-refractivity contribution is 5.94. The van der Waals surface area contributed by atoms with E-state index in [9.17, 15) is 9.59 Å². The molecular formula is C26H24N2O2. The number of benzene rings is 3. The second-order valence-electron chi connectivity index (χ2n) is 7.10. The zero-order chi connectivity index (χ0) is 21.3. The number of terminal acetylenes is 1. The Labute approximate surface area is 177 Å². The molecule has 0 bridgehead atoms. The fourth-order valence-electron chi connectivity index (χ4n) is 3.32. The number of hydrogen-bond acceptors (Lipinski definition) is 2. The van der Waals surface area contributed by atoms with E-state index in [-0.39, 0.29) is 30.7 Å². The highest BCUT2D eigenvalue weighted by Gasteiger charge is 2.21. The molecule has 3 aromatic carbocycles. The first-order valence-corrected chi connectivity index (χ1v) is 9.77. The van der Waals surface area contributed by atoms with Crippen LogP contribution in [0.3, 0.4) is 0 Å². The van der Waals surface area contributed by atoms with Crippen LogP contribution >= 0.6 is 0 Å². The number of amides is 2.